The summed E-state index contributed by atoms with van der Waals surface area (Å²) < 4.78 is 43.1. The van der Waals surface area contributed by atoms with Gasteiger partial charge in [-0.15, -0.1) is 0 Å². The highest BCUT2D eigenvalue weighted by Gasteiger charge is 2.03. The minimum Gasteiger partial charge on any atom is -0.497 e. The van der Waals surface area contributed by atoms with Crippen molar-refractivity contribution >= 4 is 5.97 Å². The highest BCUT2D eigenvalue weighted by Crippen LogP contribution is 2.09. The first-order valence-electron chi connectivity index (χ1n) is 18.5. The third kappa shape index (κ3) is 31.4. The molecule has 8 heteroatoms. The Balaban J connectivity index is -0.000000606. The van der Waals surface area contributed by atoms with Gasteiger partial charge in [0.25, 0.3) is 0 Å². The van der Waals surface area contributed by atoms with Crippen molar-refractivity contribution in [3.8, 4) is 5.75 Å². The Morgan fingerprint density at radius 3 is 1.33 bits per heavy atom. The normalized spacial score (nSPS) is 8.93. The molecule has 0 N–H and O–H groups in total. The van der Waals surface area contributed by atoms with Crippen molar-refractivity contribution in [1.82, 2.24) is 0 Å². The topological polar surface area (TPSA) is 78.9 Å². The van der Waals surface area contributed by atoms with Crippen LogP contribution in [0.2, 0.25) is 0 Å². The molecule has 0 fully saturated rings. The lowest BCUT2D eigenvalue weighted by atomic mass is 10.2. The van der Waals surface area contributed by atoms with Crippen LogP contribution in [-0.2, 0) is 22.4 Å². The molecule has 0 bridgehead atoms. The lowest BCUT2D eigenvalue weighted by Gasteiger charge is -2.01. The van der Waals surface area contributed by atoms with Gasteiger partial charge < -0.3 is 18.3 Å². The van der Waals surface area contributed by atoms with E-state index in [0.717, 1.165) is 23.3 Å². The van der Waals surface area contributed by atoms with Crippen LogP contribution in [0.3, 0.4) is 0 Å². The summed E-state index contributed by atoms with van der Waals surface area (Å²) in [6, 6.07) is 41.6. The first-order valence-corrected chi connectivity index (χ1v) is 18.5. The van der Waals surface area contributed by atoms with E-state index in [1.54, 1.807) is 32.2 Å². The first kappa shape index (κ1) is 56.6. The zero-order valence-corrected chi connectivity index (χ0v) is 34.9. The lowest BCUT2D eigenvalue weighted by Crippen LogP contribution is -2.06. The molecule has 0 amide bonds. The van der Waals surface area contributed by atoms with Crippen LogP contribution in [0.4, 0.5) is 8.78 Å². The van der Waals surface area contributed by atoms with Crippen LogP contribution >= 0.6 is 0 Å². The van der Waals surface area contributed by atoms with Gasteiger partial charge in [-0.2, -0.15) is 0 Å². The molecule has 0 aliphatic heterocycles. The molecule has 0 unspecified atom stereocenters. The summed E-state index contributed by atoms with van der Waals surface area (Å²) in [4.78, 5) is 20.4. The molecule has 5 aromatic carbocycles. The van der Waals surface area contributed by atoms with Crippen LogP contribution in [-0.4, -0.2) is 19.2 Å². The predicted molar refractivity (Wildman–Crippen MR) is 239 cm³/mol. The Labute approximate surface area is 347 Å². The molecule has 0 saturated heterocycles. The van der Waals surface area contributed by atoms with Crippen LogP contribution in [0.1, 0.15) is 88.8 Å². The van der Waals surface area contributed by atoms with Crippen molar-refractivity contribution in [3.63, 3.8) is 0 Å². The van der Waals surface area contributed by atoms with Crippen molar-refractivity contribution < 1.29 is 31.9 Å². The standard InChI is InChI=1S/C8H10O.C8H10.2C7H7F.C7H8.C6H8O3.C5H10O2.2CH4/c1-7-3-5-8(9-2)6-4-7;1-2-8-6-4-3-5-7-8;1-6-2-4-7(8)5-3-6;1-6-3-2-4-7(8)5-6;1-7-5-3-2-4-6-7;1-3-5-4(2)8-6(7)9-5;1-4(2)7-5(3)6;;/h3-6H,1-2H3;3-7H,2H2,1H3;2*2-5H,1H3;2-6H,1H3;3H2,1-2H3;4H,1-3H3;2*1H4. The van der Waals surface area contributed by atoms with E-state index in [9.17, 15) is 18.4 Å². The summed E-state index contributed by atoms with van der Waals surface area (Å²) in [6.07, 6.45) is 1.87. The van der Waals surface area contributed by atoms with Crippen molar-refractivity contribution in [3.05, 3.63) is 195 Å². The molecule has 6 nitrogen and oxygen atoms in total. The van der Waals surface area contributed by atoms with Gasteiger partial charge in [-0.25, -0.2) is 13.6 Å². The zero-order valence-electron chi connectivity index (χ0n) is 34.9. The van der Waals surface area contributed by atoms with Crippen molar-refractivity contribution in [1.29, 1.82) is 0 Å². The number of carbonyl (C=O) groups excluding carboxylic acids is 1. The average molecular weight is 803 g/mol. The second-order valence-corrected chi connectivity index (χ2v) is 12.6. The molecule has 58 heavy (non-hydrogen) atoms. The summed E-state index contributed by atoms with van der Waals surface area (Å²) >= 11 is 0. The van der Waals surface area contributed by atoms with E-state index in [-0.39, 0.29) is 38.6 Å². The number of hydrogen-bond acceptors (Lipinski definition) is 6. The first-order chi connectivity index (χ1) is 26.6. The summed E-state index contributed by atoms with van der Waals surface area (Å²) in [6.45, 7) is 18.8. The molecule has 0 aliphatic carbocycles. The van der Waals surface area contributed by atoms with Crippen molar-refractivity contribution in [2.75, 3.05) is 7.11 Å². The van der Waals surface area contributed by atoms with Crippen LogP contribution in [0.15, 0.2) is 147 Å². The molecule has 0 radical (unpaired) electrons. The minimum atomic E-state index is -0.607. The van der Waals surface area contributed by atoms with Crippen LogP contribution in [0.25, 0.3) is 0 Å². The fourth-order valence-corrected chi connectivity index (χ4v) is 4.09. The second kappa shape index (κ2) is 34.5. The van der Waals surface area contributed by atoms with Gasteiger partial charge in [-0.3, -0.25) is 4.79 Å². The summed E-state index contributed by atoms with van der Waals surface area (Å²) in [7, 11) is 1.67. The maximum atomic E-state index is 12.2. The Morgan fingerprint density at radius 2 is 1.07 bits per heavy atom. The third-order valence-electron chi connectivity index (χ3n) is 7.00. The Kier molecular flexibility index (Phi) is 33.6. The third-order valence-corrected chi connectivity index (χ3v) is 7.00. The van der Waals surface area contributed by atoms with E-state index >= 15 is 0 Å². The highest BCUT2D eigenvalue weighted by atomic mass is 19.1. The SMILES string of the molecule is C.C.CC(=O)OC(C)C.CCc1ccccc1.CCc1oc(=O)oc1C.COc1ccc(C)cc1.Cc1ccc(F)cc1.Cc1cccc(F)c1.Cc1ccccc1. The molecule has 318 valence electrons. The smallest absolute Gasteiger partial charge is 0.497 e. The summed E-state index contributed by atoms with van der Waals surface area (Å²) in [5.41, 5.74) is 6.04. The lowest BCUT2D eigenvalue weighted by molar-refractivity contribution is -0.144. The van der Waals surface area contributed by atoms with Gasteiger partial charge in [0.1, 0.15) is 28.9 Å². The molecule has 0 aliphatic rings. The Bertz CT molecular complexity index is 1860. The van der Waals surface area contributed by atoms with E-state index in [4.69, 9.17) is 4.74 Å². The molecular formula is C50H68F2O6. The van der Waals surface area contributed by atoms with Gasteiger partial charge in [0.15, 0.2) is 0 Å². The van der Waals surface area contributed by atoms with Crippen LogP contribution in [0, 0.1) is 46.3 Å². The van der Waals surface area contributed by atoms with Crippen molar-refractivity contribution in [2.24, 2.45) is 0 Å². The quantitative estimate of drug-likeness (QED) is 0.165. The van der Waals surface area contributed by atoms with Gasteiger partial charge in [0, 0.05) is 13.3 Å². The van der Waals surface area contributed by atoms with E-state index < -0.39 is 5.82 Å². The number of rotatable bonds is 4. The summed E-state index contributed by atoms with van der Waals surface area (Å²) in [5.74, 6) is 0.989. The van der Waals surface area contributed by atoms with Crippen molar-refractivity contribution in [2.45, 2.75) is 103 Å². The second-order valence-electron chi connectivity index (χ2n) is 12.6. The minimum absolute atomic E-state index is 0. The van der Waals surface area contributed by atoms with Gasteiger partial charge in [-0.1, -0.05) is 142 Å². The average Bonchev–Trinajstić information content (AvgIpc) is 3.51. The molecular weight excluding hydrogens is 735 g/mol. The Hall–Kier alpha value is -5.76. The van der Waals surface area contributed by atoms with Gasteiger partial charge in [0.2, 0.25) is 0 Å². The molecule has 6 aromatic rings. The monoisotopic (exact) mass is 802 g/mol. The zero-order chi connectivity index (χ0) is 42.3. The maximum Gasteiger partial charge on any atom is 0.519 e. The number of esters is 1. The molecule has 1 heterocycles. The number of aryl methyl sites for hydroxylation is 7. The van der Waals surface area contributed by atoms with Crippen LogP contribution < -0.4 is 10.6 Å². The van der Waals surface area contributed by atoms with E-state index in [2.05, 4.69) is 70.7 Å². The highest BCUT2D eigenvalue weighted by molar-refractivity contribution is 5.66. The largest absolute Gasteiger partial charge is 0.519 e. The fourth-order valence-electron chi connectivity index (χ4n) is 4.09. The Morgan fingerprint density at radius 1 is 0.603 bits per heavy atom. The number of carbonyl (C=O) groups is 1. The number of halogens is 2. The molecule has 1 aromatic heterocycles. The molecule has 0 saturated carbocycles. The van der Waals surface area contributed by atoms with Gasteiger partial charge in [0.05, 0.1) is 13.2 Å². The predicted octanol–water partition coefficient (Wildman–Crippen LogP) is 13.8. The van der Waals surface area contributed by atoms with E-state index in [1.807, 2.05) is 89.2 Å². The fraction of sp³-hybridized carbons (Fsp3) is 0.320. The van der Waals surface area contributed by atoms with Gasteiger partial charge >= 0.3 is 11.8 Å². The molecule has 6 rings (SSSR count). The maximum absolute atomic E-state index is 12.2. The van der Waals surface area contributed by atoms with Gasteiger partial charge in [-0.05, 0) is 102 Å². The van der Waals surface area contributed by atoms with Crippen LogP contribution in [0.5, 0.6) is 5.75 Å². The number of ether oxygens (including phenoxy) is 2. The summed E-state index contributed by atoms with van der Waals surface area (Å²) in [5, 5.41) is 0. The number of benzene rings is 5. The van der Waals surface area contributed by atoms with E-state index in [1.165, 1.54) is 47.9 Å². The van der Waals surface area contributed by atoms with E-state index in [0.29, 0.717) is 17.9 Å². The molecule has 0 spiro atoms. The number of hydrogen-bond donors (Lipinski definition) is 0. The number of methoxy groups -OCH3 is 1. The molecule has 0 atom stereocenters.